The second-order valence-electron chi connectivity index (χ2n) is 2.37. The molecule has 3 nitrogen and oxygen atoms in total. The Morgan fingerprint density at radius 2 is 1.62 bits per heavy atom. The molecule has 0 aromatic heterocycles. The highest BCUT2D eigenvalue weighted by atomic mass is 32.3. The standard InChI is InChI=1S/C8H11FO3S/c1-11-13(9,10,12-2)8-6-4-3-5-7-8/h3-7H,1-2H3. The Labute approximate surface area is 76.6 Å². The van der Waals surface area contributed by atoms with Crippen LogP contribution in [0, 0.1) is 0 Å². The van der Waals surface area contributed by atoms with Crippen molar-refractivity contribution in [1.82, 2.24) is 0 Å². The summed E-state index contributed by atoms with van der Waals surface area (Å²) in [7, 11) is -3.03. The van der Waals surface area contributed by atoms with Gasteiger partial charge in [-0.3, -0.25) is 8.37 Å². The van der Waals surface area contributed by atoms with Crippen LogP contribution >= 0.6 is 0 Å². The zero-order valence-electron chi connectivity index (χ0n) is 7.40. The average molecular weight is 206 g/mol. The monoisotopic (exact) mass is 206 g/mol. The van der Waals surface area contributed by atoms with Gasteiger partial charge in [0.15, 0.2) is 0 Å². The summed E-state index contributed by atoms with van der Waals surface area (Å²) >= 11 is 0. The van der Waals surface area contributed by atoms with Crippen LogP contribution in [-0.2, 0) is 18.4 Å². The Hall–Kier alpha value is -0.780. The van der Waals surface area contributed by atoms with Gasteiger partial charge >= 0.3 is 0 Å². The maximum atomic E-state index is 13.8. The van der Waals surface area contributed by atoms with Crippen molar-refractivity contribution in [3.8, 4) is 0 Å². The first-order valence-electron chi connectivity index (χ1n) is 3.59. The van der Waals surface area contributed by atoms with E-state index in [9.17, 15) is 8.09 Å². The van der Waals surface area contributed by atoms with Gasteiger partial charge in [0, 0.05) is 0 Å². The van der Waals surface area contributed by atoms with Crippen LogP contribution < -0.4 is 0 Å². The molecule has 0 aliphatic rings. The fraction of sp³-hybridized carbons (Fsp3) is 0.250. The molecule has 1 aromatic rings. The van der Waals surface area contributed by atoms with Crippen LogP contribution in [0.4, 0.5) is 3.89 Å². The number of rotatable bonds is 3. The summed E-state index contributed by atoms with van der Waals surface area (Å²) in [6.45, 7) is 0. The summed E-state index contributed by atoms with van der Waals surface area (Å²) in [6, 6.07) is 7.49. The minimum absolute atomic E-state index is 0.107. The van der Waals surface area contributed by atoms with Crippen LogP contribution in [0.5, 0.6) is 0 Å². The molecule has 0 aliphatic carbocycles. The molecule has 0 fully saturated rings. The topological polar surface area (TPSA) is 35.5 Å². The average Bonchev–Trinajstić information content (AvgIpc) is 2.20. The molecule has 0 atom stereocenters. The normalized spacial score (nSPS) is 14.8. The number of benzene rings is 1. The van der Waals surface area contributed by atoms with E-state index in [1.807, 2.05) is 0 Å². The van der Waals surface area contributed by atoms with E-state index in [-0.39, 0.29) is 4.90 Å². The van der Waals surface area contributed by atoms with E-state index in [4.69, 9.17) is 0 Å². The summed E-state index contributed by atoms with van der Waals surface area (Å²) in [4.78, 5) is -0.107. The SMILES string of the molecule is COS(=O)(F)(OC)c1ccccc1. The van der Waals surface area contributed by atoms with E-state index in [0.29, 0.717) is 0 Å². The molecule has 0 saturated carbocycles. The molecule has 1 aromatic carbocycles. The van der Waals surface area contributed by atoms with E-state index >= 15 is 0 Å². The second kappa shape index (κ2) is 3.17. The zero-order valence-corrected chi connectivity index (χ0v) is 8.21. The lowest BCUT2D eigenvalue weighted by Gasteiger charge is -2.29. The van der Waals surface area contributed by atoms with Crippen LogP contribution in [0.2, 0.25) is 0 Å². The summed E-state index contributed by atoms with van der Waals surface area (Å²) in [5.41, 5.74) is 0. The zero-order chi connectivity index (χ0) is 9.97. The molecule has 13 heavy (non-hydrogen) atoms. The van der Waals surface area contributed by atoms with Crippen molar-refractivity contribution >= 4 is 10.0 Å². The quantitative estimate of drug-likeness (QED) is 0.708. The molecule has 0 heterocycles. The number of halogens is 1. The van der Waals surface area contributed by atoms with Gasteiger partial charge in [0.05, 0.1) is 19.1 Å². The Bertz CT molecular complexity index is 342. The van der Waals surface area contributed by atoms with Crippen molar-refractivity contribution < 1.29 is 16.5 Å². The first-order valence-corrected chi connectivity index (χ1v) is 5.30. The Kier molecular flexibility index (Phi) is 2.51. The van der Waals surface area contributed by atoms with Gasteiger partial charge in [-0.25, -0.2) is 0 Å². The van der Waals surface area contributed by atoms with Crippen molar-refractivity contribution in [1.29, 1.82) is 0 Å². The highest BCUT2D eigenvalue weighted by molar-refractivity contribution is 8.07. The number of hydrogen-bond donors (Lipinski definition) is 0. The summed E-state index contributed by atoms with van der Waals surface area (Å²) < 4.78 is 34.0. The molecule has 74 valence electrons. The van der Waals surface area contributed by atoms with E-state index < -0.39 is 10.0 Å². The minimum atomic E-state index is -5.04. The molecule has 0 amide bonds. The first kappa shape index (κ1) is 10.3. The van der Waals surface area contributed by atoms with Crippen LogP contribution in [0.1, 0.15) is 0 Å². The molecule has 0 unspecified atom stereocenters. The largest absolute Gasteiger partial charge is 0.269 e. The van der Waals surface area contributed by atoms with E-state index in [2.05, 4.69) is 8.37 Å². The summed E-state index contributed by atoms with van der Waals surface area (Å²) in [5, 5.41) is 0. The smallest absolute Gasteiger partial charge is 0.255 e. The van der Waals surface area contributed by atoms with E-state index in [1.54, 1.807) is 18.2 Å². The van der Waals surface area contributed by atoms with Crippen LogP contribution in [0.25, 0.3) is 0 Å². The third-order valence-electron chi connectivity index (χ3n) is 1.69. The fourth-order valence-electron chi connectivity index (χ4n) is 0.899. The lowest BCUT2D eigenvalue weighted by Crippen LogP contribution is -2.30. The molecule has 0 bridgehead atoms. The van der Waals surface area contributed by atoms with Crippen molar-refractivity contribution in [2.24, 2.45) is 0 Å². The lowest BCUT2D eigenvalue weighted by atomic mass is 10.4. The van der Waals surface area contributed by atoms with Gasteiger partial charge in [0.2, 0.25) is 0 Å². The maximum absolute atomic E-state index is 13.8. The molecular formula is C8H11FO3S. The molecular weight excluding hydrogens is 195 g/mol. The highest BCUT2D eigenvalue weighted by Gasteiger charge is 2.38. The van der Waals surface area contributed by atoms with Gasteiger partial charge in [0.25, 0.3) is 10.0 Å². The molecule has 0 N–H and O–H groups in total. The molecule has 0 aliphatic heterocycles. The Balaban J connectivity index is 3.28. The third-order valence-corrected chi connectivity index (χ3v) is 3.84. The Morgan fingerprint density at radius 3 is 2.00 bits per heavy atom. The van der Waals surface area contributed by atoms with Crippen molar-refractivity contribution in [2.75, 3.05) is 14.2 Å². The maximum Gasteiger partial charge on any atom is 0.255 e. The minimum Gasteiger partial charge on any atom is -0.269 e. The summed E-state index contributed by atoms with van der Waals surface area (Å²) in [5.74, 6) is 0. The van der Waals surface area contributed by atoms with Crippen LogP contribution in [0.3, 0.4) is 0 Å². The van der Waals surface area contributed by atoms with Gasteiger partial charge in [0.1, 0.15) is 0 Å². The third kappa shape index (κ3) is 1.77. The predicted octanol–water partition coefficient (Wildman–Crippen LogP) is 1.87. The predicted molar refractivity (Wildman–Crippen MR) is 48.0 cm³/mol. The van der Waals surface area contributed by atoms with E-state index in [0.717, 1.165) is 14.2 Å². The molecule has 5 heteroatoms. The summed E-state index contributed by atoms with van der Waals surface area (Å²) in [6.07, 6.45) is 0. The molecule has 0 saturated heterocycles. The van der Waals surface area contributed by atoms with Gasteiger partial charge in [-0.15, -0.1) is 3.89 Å². The van der Waals surface area contributed by atoms with Crippen molar-refractivity contribution in [3.05, 3.63) is 30.3 Å². The van der Waals surface area contributed by atoms with Gasteiger partial charge in [-0.1, -0.05) is 18.2 Å². The molecule has 0 radical (unpaired) electrons. The second-order valence-corrected chi connectivity index (χ2v) is 4.95. The van der Waals surface area contributed by atoms with Crippen molar-refractivity contribution in [2.45, 2.75) is 4.90 Å². The van der Waals surface area contributed by atoms with Gasteiger partial charge in [-0.05, 0) is 12.1 Å². The fourth-order valence-corrected chi connectivity index (χ4v) is 2.01. The van der Waals surface area contributed by atoms with Crippen LogP contribution in [0.15, 0.2) is 35.2 Å². The molecule has 0 spiro atoms. The highest BCUT2D eigenvalue weighted by Crippen LogP contribution is 2.37. The number of hydrogen-bond acceptors (Lipinski definition) is 3. The van der Waals surface area contributed by atoms with E-state index in [1.165, 1.54) is 12.1 Å². The first-order chi connectivity index (χ1) is 6.02. The van der Waals surface area contributed by atoms with Gasteiger partial charge in [-0.2, -0.15) is 4.21 Å². The van der Waals surface area contributed by atoms with Crippen molar-refractivity contribution in [3.63, 3.8) is 0 Å². The molecule has 1 rings (SSSR count). The van der Waals surface area contributed by atoms with Gasteiger partial charge < -0.3 is 0 Å². The lowest BCUT2D eigenvalue weighted by molar-refractivity contribution is 0.245. The Morgan fingerprint density at radius 1 is 1.15 bits per heavy atom. The van der Waals surface area contributed by atoms with Crippen LogP contribution in [-0.4, -0.2) is 18.4 Å².